The van der Waals surface area contributed by atoms with E-state index in [1.54, 1.807) is 18.2 Å². The van der Waals surface area contributed by atoms with Crippen LogP contribution in [0.3, 0.4) is 0 Å². The molecule has 20 heavy (non-hydrogen) atoms. The average Bonchev–Trinajstić information content (AvgIpc) is 2.37. The van der Waals surface area contributed by atoms with Gasteiger partial charge >= 0.3 is 0 Å². The smallest absolute Gasteiger partial charge is 0.164 e. The second-order valence-corrected chi connectivity index (χ2v) is 6.27. The summed E-state index contributed by atoms with van der Waals surface area (Å²) in [5, 5.41) is 1.01. The largest absolute Gasteiger partial charge is 0.308 e. The van der Waals surface area contributed by atoms with Crippen LogP contribution in [-0.4, -0.2) is 9.97 Å². The van der Waals surface area contributed by atoms with Gasteiger partial charge in [0, 0.05) is 11.5 Å². The van der Waals surface area contributed by atoms with Gasteiger partial charge in [-0.25, -0.2) is 15.8 Å². The summed E-state index contributed by atoms with van der Waals surface area (Å²) in [5.74, 6) is 6.46. The van der Waals surface area contributed by atoms with Gasteiger partial charge in [-0.2, -0.15) is 0 Å². The van der Waals surface area contributed by atoms with Gasteiger partial charge in [0.15, 0.2) is 5.82 Å². The topological polar surface area (TPSA) is 63.8 Å². The number of nitrogen functional groups attached to an aromatic ring is 1. The van der Waals surface area contributed by atoms with Crippen molar-refractivity contribution in [3.05, 3.63) is 40.0 Å². The van der Waals surface area contributed by atoms with Crippen LogP contribution in [0.1, 0.15) is 26.5 Å². The third-order valence-electron chi connectivity index (χ3n) is 2.83. The molecule has 6 heteroatoms. The number of rotatable bonds is 2. The second kappa shape index (κ2) is 5.56. The van der Waals surface area contributed by atoms with Crippen LogP contribution >= 0.6 is 23.2 Å². The molecule has 0 saturated carbocycles. The Morgan fingerprint density at radius 2 is 1.70 bits per heavy atom. The van der Waals surface area contributed by atoms with Crippen molar-refractivity contribution in [1.82, 2.24) is 9.97 Å². The molecule has 0 aliphatic heterocycles. The number of halogens is 2. The first-order chi connectivity index (χ1) is 9.32. The van der Waals surface area contributed by atoms with Crippen LogP contribution in [0.5, 0.6) is 0 Å². The Hall–Kier alpha value is -1.36. The third-order valence-corrected chi connectivity index (χ3v) is 3.46. The van der Waals surface area contributed by atoms with Gasteiger partial charge in [0.05, 0.1) is 21.3 Å². The van der Waals surface area contributed by atoms with Crippen LogP contribution in [0.4, 0.5) is 5.82 Å². The van der Waals surface area contributed by atoms with Crippen LogP contribution in [0.15, 0.2) is 24.3 Å². The van der Waals surface area contributed by atoms with Gasteiger partial charge in [-0.05, 0) is 12.1 Å². The highest BCUT2D eigenvalue weighted by Crippen LogP contribution is 2.34. The van der Waals surface area contributed by atoms with Gasteiger partial charge in [-0.3, -0.25) is 0 Å². The van der Waals surface area contributed by atoms with Gasteiger partial charge in [0.2, 0.25) is 0 Å². The first-order valence-electron chi connectivity index (χ1n) is 6.13. The fourth-order valence-corrected chi connectivity index (χ4v) is 2.30. The maximum absolute atomic E-state index is 6.21. The summed E-state index contributed by atoms with van der Waals surface area (Å²) < 4.78 is 0. The van der Waals surface area contributed by atoms with Crippen molar-refractivity contribution in [2.75, 3.05) is 5.43 Å². The predicted molar refractivity (Wildman–Crippen MR) is 84.0 cm³/mol. The van der Waals surface area contributed by atoms with Crippen molar-refractivity contribution in [1.29, 1.82) is 0 Å². The molecular formula is C14H16Cl2N4. The number of benzene rings is 1. The van der Waals surface area contributed by atoms with Crippen LogP contribution in [0, 0.1) is 0 Å². The number of anilines is 1. The first kappa shape index (κ1) is 15.0. The van der Waals surface area contributed by atoms with E-state index in [-0.39, 0.29) is 5.41 Å². The zero-order valence-corrected chi connectivity index (χ0v) is 13.0. The number of aromatic nitrogens is 2. The molecule has 0 radical (unpaired) electrons. The Morgan fingerprint density at radius 1 is 1.10 bits per heavy atom. The lowest BCUT2D eigenvalue weighted by atomic mass is 9.92. The summed E-state index contributed by atoms with van der Waals surface area (Å²) in [6, 6.07) is 7.11. The fourth-order valence-electron chi connectivity index (χ4n) is 1.73. The van der Waals surface area contributed by atoms with Crippen molar-refractivity contribution in [2.24, 2.45) is 5.84 Å². The molecule has 0 aliphatic carbocycles. The second-order valence-electron chi connectivity index (χ2n) is 5.45. The Labute approximate surface area is 128 Å². The Bertz CT molecular complexity index is 615. The van der Waals surface area contributed by atoms with Crippen LogP contribution in [0.25, 0.3) is 11.4 Å². The summed E-state index contributed by atoms with van der Waals surface area (Å²) in [6.45, 7) is 6.19. The minimum atomic E-state index is -0.142. The molecule has 2 rings (SSSR count). The number of hydrogen-bond acceptors (Lipinski definition) is 4. The lowest BCUT2D eigenvalue weighted by Crippen LogP contribution is -2.17. The van der Waals surface area contributed by atoms with Gasteiger partial charge in [-0.1, -0.05) is 50.0 Å². The summed E-state index contributed by atoms with van der Waals surface area (Å²) in [4.78, 5) is 8.91. The van der Waals surface area contributed by atoms with Crippen LogP contribution < -0.4 is 11.3 Å². The minimum absolute atomic E-state index is 0.142. The van der Waals surface area contributed by atoms with Crippen molar-refractivity contribution < 1.29 is 0 Å². The summed E-state index contributed by atoms with van der Waals surface area (Å²) >= 11 is 12.4. The molecule has 4 nitrogen and oxygen atoms in total. The normalized spacial score (nSPS) is 11.5. The van der Waals surface area contributed by atoms with Crippen molar-refractivity contribution >= 4 is 29.0 Å². The van der Waals surface area contributed by atoms with Crippen molar-refractivity contribution in [2.45, 2.75) is 26.2 Å². The number of nitrogens with zero attached hydrogens (tertiary/aromatic N) is 2. The molecular weight excluding hydrogens is 295 g/mol. The SMILES string of the molecule is CC(C)(C)c1cc(NN)nc(-c2c(Cl)cccc2Cl)n1. The highest BCUT2D eigenvalue weighted by Gasteiger charge is 2.20. The van der Waals surface area contributed by atoms with E-state index in [0.29, 0.717) is 27.3 Å². The molecule has 1 heterocycles. The van der Waals surface area contributed by atoms with Gasteiger partial charge < -0.3 is 5.43 Å². The molecule has 2 aromatic rings. The lowest BCUT2D eigenvalue weighted by molar-refractivity contribution is 0.568. The molecule has 0 saturated heterocycles. The lowest BCUT2D eigenvalue weighted by Gasteiger charge is -2.19. The number of hydrogen-bond donors (Lipinski definition) is 2. The van der Waals surface area contributed by atoms with E-state index in [4.69, 9.17) is 29.0 Å². The number of hydrazine groups is 1. The van der Waals surface area contributed by atoms with Gasteiger partial charge in [0.1, 0.15) is 5.82 Å². The molecule has 106 valence electrons. The molecule has 0 bridgehead atoms. The zero-order chi connectivity index (χ0) is 14.9. The van der Waals surface area contributed by atoms with E-state index in [2.05, 4.69) is 36.2 Å². The standard InChI is InChI=1S/C14H16Cl2N4/c1-14(2,3)10-7-11(20-17)19-13(18-10)12-8(15)5-4-6-9(12)16/h4-7H,17H2,1-3H3,(H,18,19,20). The molecule has 0 aliphatic rings. The van der Waals surface area contributed by atoms with Crippen molar-refractivity contribution in [3.63, 3.8) is 0 Å². The van der Waals surface area contributed by atoms with E-state index < -0.39 is 0 Å². The zero-order valence-electron chi connectivity index (χ0n) is 11.5. The van der Waals surface area contributed by atoms with Crippen LogP contribution in [0.2, 0.25) is 10.0 Å². The third kappa shape index (κ3) is 3.03. The van der Waals surface area contributed by atoms with E-state index in [1.165, 1.54) is 0 Å². The van der Waals surface area contributed by atoms with E-state index in [1.807, 2.05) is 6.07 Å². The molecule has 1 aromatic carbocycles. The Kier molecular flexibility index (Phi) is 4.18. The average molecular weight is 311 g/mol. The van der Waals surface area contributed by atoms with E-state index in [0.717, 1.165) is 5.69 Å². The van der Waals surface area contributed by atoms with E-state index >= 15 is 0 Å². The maximum atomic E-state index is 6.21. The number of nitrogens with two attached hydrogens (primary N) is 1. The highest BCUT2D eigenvalue weighted by molar-refractivity contribution is 6.38. The number of nitrogens with one attached hydrogen (secondary N) is 1. The molecule has 0 unspecified atom stereocenters. The van der Waals surface area contributed by atoms with Crippen LogP contribution in [-0.2, 0) is 5.41 Å². The molecule has 0 spiro atoms. The summed E-state index contributed by atoms with van der Waals surface area (Å²) in [5.41, 5.74) is 3.87. The van der Waals surface area contributed by atoms with E-state index in [9.17, 15) is 0 Å². The molecule has 0 atom stereocenters. The summed E-state index contributed by atoms with van der Waals surface area (Å²) in [6.07, 6.45) is 0. The minimum Gasteiger partial charge on any atom is -0.308 e. The monoisotopic (exact) mass is 310 g/mol. The Morgan fingerprint density at radius 3 is 2.20 bits per heavy atom. The highest BCUT2D eigenvalue weighted by atomic mass is 35.5. The first-order valence-corrected chi connectivity index (χ1v) is 6.89. The molecule has 1 aromatic heterocycles. The maximum Gasteiger partial charge on any atom is 0.164 e. The van der Waals surface area contributed by atoms with Gasteiger partial charge in [0.25, 0.3) is 0 Å². The predicted octanol–water partition coefficient (Wildman–Crippen LogP) is 4.03. The summed E-state index contributed by atoms with van der Waals surface area (Å²) in [7, 11) is 0. The molecule has 0 fully saturated rings. The quantitative estimate of drug-likeness (QED) is 0.649. The Balaban J connectivity index is 2.68. The molecule has 0 amide bonds. The molecule has 3 N–H and O–H groups in total. The van der Waals surface area contributed by atoms with Gasteiger partial charge in [-0.15, -0.1) is 0 Å². The van der Waals surface area contributed by atoms with Crippen molar-refractivity contribution in [3.8, 4) is 11.4 Å². The fraction of sp³-hybridized carbons (Fsp3) is 0.286.